The predicted octanol–water partition coefficient (Wildman–Crippen LogP) is 0.760. The van der Waals surface area contributed by atoms with Crippen LogP contribution in [0.25, 0.3) is 0 Å². The topological polar surface area (TPSA) is 254 Å². The van der Waals surface area contributed by atoms with Crippen LogP contribution in [0, 0.1) is 0 Å². The molecule has 1 aromatic heterocycles. The number of rotatable bonds is 9. The summed E-state index contributed by atoms with van der Waals surface area (Å²) < 4.78 is 71.0. The minimum Gasteiger partial charge on any atom is -0.513 e. The minimum atomic E-state index is -4.24. The van der Waals surface area contributed by atoms with Crippen molar-refractivity contribution in [3.63, 3.8) is 0 Å². The summed E-state index contributed by atoms with van der Waals surface area (Å²) in [6.07, 6.45) is 3.67. The van der Waals surface area contributed by atoms with Crippen LogP contribution in [0.4, 0.5) is 10.8 Å². The molecule has 2 rings (SSSR count). The normalized spacial score (nSPS) is 12.6. The van der Waals surface area contributed by atoms with Crippen molar-refractivity contribution in [3.8, 4) is 0 Å². The number of aromatic nitrogens is 2. The number of benzene rings is 1. The molecule has 0 fully saturated rings. The lowest BCUT2D eigenvalue weighted by atomic mass is 10.3. The van der Waals surface area contributed by atoms with Crippen LogP contribution in [0.15, 0.2) is 55.7 Å². The number of aliphatic hydroxyl groups excluding tert-OH is 1. The molecule has 0 unspecified atom stereocenters. The van der Waals surface area contributed by atoms with Gasteiger partial charge in [0.1, 0.15) is 9.79 Å². The Morgan fingerprint density at radius 1 is 1.14 bits per heavy atom. The van der Waals surface area contributed by atoms with Gasteiger partial charge in [-0.15, -0.1) is 16.8 Å². The van der Waals surface area contributed by atoms with Gasteiger partial charge in [0.2, 0.25) is 35.4 Å². The van der Waals surface area contributed by atoms with Gasteiger partial charge in [-0.3, -0.25) is 9.79 Å². The fraction of sp³-hybridized carbons (Fsp3) is 0.176. The number of halogens is 1. The summed E-state index contributed by atoms with van der Waals surface area (Å²) in [6, 6.07) is 1.88. The van der Waals surface area contributed by atoms with Gasteiger partial charge in [-0.25, -0.2) is 40.3 Å². The Kier molecular flexibility index (Phi) is 11.5. The van der Waals surface area contributed by atoms with E-state index in [1.54, 1.807) is 0 Å². The highest BCUT2D eigenvalue weighted by Crippen LogP contribution is 2.32. The number of nitrogens with two attached hydrogens (primary N) is 2. The molecular weight excluding hydrogens is 594 g/mol. The van der Waals surface area contributed by atoms with Gasteiger partial charge in [0.25, 0.3) is 10.0 Å². The highest BCUT2D eigenvalue weighted by Gasteiger charge is 2.24. The van der Waals surface area contributed by atoms with Crippen LogP contribution in [0.5, 0.6) is 0 Å². The number of nitrogens with one attached hydrogen (secondary N) is 2. The van der Waals surface area contributed by atoms with Gasteiger partial charge in [0.15, 0.2) is 0 Å². The van der Waals surface area contributed by atoms with Crippen molar-refractivity contribution >= 4 is 75.9 Å². The Labute approximate surface area is 222 Å². The van der Waals surface area contributed by atoms with E-state index in [1.807, 2.05) is 0 Å². The molecule has 0 bridgehead atoms. The Bertz CT molecular complexity index is 1550. The number of carbonyl (C=O) groups is 1. The molecule has 0 radical (unpaired) electrons. The van der Waals surface area contributed by atoms with Crippen LogP contribution in [-0.2, 0) is 34.9 Å². The molecule has 7 N–H and O–H groups in total. The lowest BCUT2D eigenvalue weighted by molar-refractivity contribution is -0.114. The van der Waals surface area contributed by atoms with Crippen LogP contribution >= 0.6 is 22.9 Å². The molecule has 0 aliphatic carbocycles. The number of nitrogens with zero attached hydrogens (tertiary/aromatic N) is 3. The molecule has 204 valence electrons. The molecule has 20 heteroatoms. The van der Waals surface area contributed by atoms with Gasteiger partial charge in [-0.1, -0.05) is 29.0 Å². The summed E-state index contributed by atoms with van der Waals surface area (Å²) in [5, 5.41) is 27.7. The monoisotopic (exact) mass is 615 g/mol. The summed E-state index contributed by atoms with van der Waals surface area (Å²) in [5.74, 6) is -0.405. The first-order chi connectivity index (χ1) is 16.9. The van der Waals surface area contributed by atoms with Crippen molar-refractivity contribution in [2.45, 2.75) is 28.0 Å². The highest BCUT2D eigenvalue weighted by molar-refractivity contribution is 7.91. The molecule has 1 amide bonds. The Balaban J connectivity index is 0.000000442. The van der Waals surface area contributed by atoms with E-state index in [4.69, 9.17) is 27.0 Å². The number of primary sulfonamides is 2. The summed E-state index contributed by atoms with van der Waals surface area (Å²) in [4.78, 5) is 13.4. The molecule has 15 nitrogen and oxygen atoms in total. The van der Waals surface area contributed by atoms with Gasteiger partial charge in [0, 0.05) is 19.7 Å². The molecular formula is C17H22ClN7O8S4. The van der Waals surface area contributed by atoms with Gasteiger partial charge >= 0.3 is 0 Å². The molecule has 0 atom stereocenters. The maximum absolute atomic E-state index is 12.3. The van der Waals surface area contributed by atoms with Crippen LogP contribution in [0.2, 0.25) is 5.02 Å². The standard InChI is InChI=1S/C13H16ClN3O5S2.C4H6N4O3S2/c1-3-5-17-24(21,22)13-8-12(23(15,19)20)10(14)7-11(13)16-6-4-9(2)18;1-2(9)6-3-7-8-4(12-3)13(5,10)11/h3-4,6-8,17-18H,1,5H2,2H3,(H2,15,19,20);1H3,(H2,5,10,11)(H,6,7,9)/b9-4-,16-6+;. The molecule has 0 aliphatic heterocycles. The second-order valence-electron chi connectivity index (χ2n) is 6.62. The van der Waals surface area contributed by atoms with Gasteiger partial charge in [0.05, 0.1) is 16.5 Å². The van der Waals surface area contributed by atoms with Crippen molar-refractivity contribution in [1.82, 2.24) is 14.9 Å². The molecule has 0 spiro atoms. The number of anilines is 1. The number of hydrogen-bond donors (Lipinski definition) is 5. The van der Waals surface area contributed by atoms with Crippen LogP contribution in [0.3, 0.4) is 0 Å². The first-order valence-corrected chi connectivity index (χ1v) is 15.2. The summed E-state index contributed by atoms with van der Waals surface area (Å²) >= 11 is 6.55. The lowest BCUT2D eigenvalue weighted by Crippen LogP contribution is -2.24. The van der Waals surface area contributed by atoms with Gasteiger partial charge in [-0.2, -0.15) is 0 Å². The molecule has 1 heterocycles. The summed E-state index contributed by atoms with van der Waals surface area (Å²) in [7, 11) is -12.2. The van der Waals surface area contributed by atoms with E-state index in [1.165, 1.54) is 26.0 Å². The Morgan fingerprint density at radius 3 is 2.22 bits per heavy atom. The third kappa shape index (κ3) is 10.6. The maximum atomic E-state index is 12.3. The Morgan fingerprint density at radius 2 is 1.76 bits per heavy atom. The van der Waals surface area contributed by atoms with Gasteiger partial charge < -0.3 is 10.4 Å². The predicted molar refractivity (Wildman–Crippen MR) is 138 cm³/mol. The van der Waals surface area contributed by atoms with Crippen LogP contribution in [0.1, 0.15) is 13.8 Å². The first-order valence-electron chi connectivity index (χ1n) is 9.39. The lowest BCUT2D eigenvalue weighted by Gasteiger charge is -2.11. The number of allylic oxidation sites excluding steroid dienone is 2. The van der Waals surface area contributed by atoms with E-state index in [9.17, 15) is 30.0 Å². The Hall–Kier alpha value is -2.78. The fourth-order valence-electron chi connectivity index (χ4n) is 2.06. The molecule has 0 aliphatic rings. The zero-order chi connectivity index (χ0) is 28.6. The quantitative estimate of drug-likeness (QED) is 0.114. The van der Waals surface area contributed by atoms with Crippen molar-refractivity contribution in [2.24, 2.45) is 15.3 Å². The smallest absolute Gasteiger partial charge is 0.267 e. The van der Waals surface area contributed by atoms with Crippen molar-refractivity contribution in [3.05, 3.63) is 41.6 Å². The van der Waals surface area contributed by atoms with Crippen molar-refractivity contribution in [1.29, 1.82) is 0 Å². The second kappa shape index (κ2) is 13.1. The fourth-order valence-corrected chi connectivity index (χ4v) is 5.76. The van der Waals surface area contributed by atoms with E-state index in [0.717, 1.165) is 18.3 Å². The average molecular weight is 616 g/mol. The van der Waals surface area contributed by atoms with E-state index < -0.39 is 39.9 Å². The number of sulfonamides is 3. The number of aliphatic hydroxyl groups is 1. The minimum absolute atomic E-state index is 0.0554. The average Bonchev–Trinajstić information content (AvgIpc) is 3.20. The molecule has 0 saturated carbocycles. The largest absolute Gasteiger partial charge is 0.513 e. The SMILES string of the molecule is C=CCNS(=O)(=O)c1cc(S(N)(=O)=O)c(Cl)cc1/N=C/C=C(/C)O.CC(=O)Nc1nnc(S(N)(=O)=O)s1. The number of hydrogen-bond acceptors (Lipinski definition) is 12. The number of carbonyl (C=O) groups excluding carboxylic acids is 1. The van der Waals surface area contributed by atoms with E-state index in [0.29, 0.717) is 11.3 Å². The van der Waals surface area contributed by atoms with E-state index in [-0.39, 0.29) is 38.4 Å². The number of aliphatic imine (C=N–C) groups is 1. The first kappa shape index (κ1) is 32.2. The van der Waals surface area contributed by atoms with Crippen molar-refractivity contribution < 1.29 is 35.2 Å². The molecule has 2 aromatic rings. The molecule has 37 heavy (non-hydrogen) atoms. The van der Waals surface area contributed by atoms with Crippen LogP contribution < -0.4 is 20.3 Å². The third-order valence-electron chi connectivity index (χ3n) is 3.49. The maximum Gasteiger partial charge on any atom is 0.267 e. The van der Waals surface area contributed by atoms with Crippen molar-refractivity contribution in [2.75, 3.05) is 11.9 Å². The zero-order valence-electron chi connectivity index (χ0n) is 19.1. The van der Waals surface area contributed by atoms with E-state index in [2.05, 4.69) is 31.8 Å². The highest BCUT2D eigenvalue weighted by atomic mass is 35.5. The summed E-state index contributed by atoms with van der Waals surface area (Å²) in [5.41, 5.74) is -0.124. The second-order valence-corrected chi connectivity index (χ2v) is 13.0. The third-order valence-corrected chi connectivity index (χ3v) is 8.47. The van der Waals surface area contributed by atoms with E-state index >= 15 is 0 Å². The molecule has 1 aromatic carbocycles. The van der Waals surface area contributed by atoms with Gasteiger partial charge in [-0.05, 0) is 25.1 Å². The zero-order valence-corrected chi connectivity index (χ0v) is 23.1. The molecule has 0 saturated heterocycles. The van der Waals surface area contributed by atoms with Crippen LogP contribution in [-0.4, -0.2) is 59.2 Å². The summed E-state index contributed by atoms with van der Waals surface area (Å²) in [6.45, 7) is 5.99. The number of amides is 1.